The largest absolute Gasteiger partial charge is 0.462 e. The van der Waals surface area contributed by atoms with E-state index in [1.807, 2.05) is 60.3 Å². The summed E-state index contributed by atoms with van der Waals surface area (Å²) < 4.78 is 16.9. The summed E-state index contributed by atoms with van der Waals surface area (Å²) in [6.45, 7) is 27.5. The standard InChI is InChI=1S/C53H94N4O7/c1-37(2)18-13-14-19-40-23-25-44-43-24-22-41-36-42(26-30-53(41,12)45(43)27-31-52(40,44)11)62-47(59)21-17-20-46(58)57(35-29-39(4)56-49(61)64-51(8,9)10)34-16-15-32-54-33-28-38(3)55-48(60)63-50(5,6)7/h22,37-40,42-45,54H,13-21,23-36H2,1-12H3,(H,55,60)(H,56,61). The number of ether oxygens (including phenoxy) is 3. The summed E-state index contributed by atoms with van der Waals surface area (Å²) in [5.41, 5.74) is 1.13. The Labute approximate surface area is 389 Å². The van der Waals surface area contributed by atoms with Crippen molar-refractivity contribution in [3.05, 3.63) is 11.6 Å². The van der Waals surface area contributed by atoms with Gasteiger partial charge in [0.1, 0.15) is 17.3 Å². The number of nitrogens with zero attached hydrogens (tertiary/aromatic N) is 1. The van der Waals surface area contributed by atoms with Crippen LogP contribution in [0.4, 0.5) is 9.59 Å². The molecule has 3 fully saturated rings. The van der Waals surface area contributed by atoms with Crippen molar-refractivity contribution < 1.29 is 33.4 Å². The van der Waals surface area contributed by atoms with Crippen LogP contribution >= 0.6 is 0 Å². The molecule has 3 N–H and O–H groups in total. The molecule has 0 heterocycles. The van der Waals surface area contributed by atoms with E-state index < -0.39 is 23.4 Å². The van der Waals surface area contributed by atoms with Crippen LogP contribution < -0.4 is 16.0 Å². The van der Waals surface area contributed by atoms with Crippen LogP contribution in [0.25, 0.3) is 0 Å². The number of unbranched alkanes of at least 4 members (excludes halogenated alkanes) is 2. The fourth-order valence-electron chi connectivity index (χ4n) is 11.9. The molecule has 0 aromatic rings. The monoisotopic (exact) mass is 899 g/mol. The molecule has 4 aliphatic rings. The first kappa shape index (κ1) is 53.8. The van der Waals surface area contributed by atoms with Crippen LogP contribution in [0.5, 0.6) is 0 Å². The quantitative estimate of drug-likeness (QED) is 0.0399. The lowest BCUT2D eigenvalue weighted by Crippen LogP contribution is -2.50. The van der Waals surface area contributed by atoms with E-state index in [9.17, 15) is 19.2 Å². The Balaban J connectivity index is 1.21. The molecule has 0 bridgehead atoms. The highest BCUT2D eigenvalue weighted by molar-refractivity contribution is 5.77. The van der Waals surface area contributed by atoms with Gasteiger partial charge in [0.25, 0.3) is 0 Å². The van der Waals surface area contributed by atoms with E-state index >= 15 is 0 Å². The first-order valence-corrected chi connectivity index (χ1v) is 25.9. The summed E-state index contributed by atoms with van der Waals surface area (Å²) in [5, 5.41) is 9.22. The molecule has 3 saturated carbocycles. The van der Waals surface area contributed by atoms with Crippen molar-refractivity contribution in [3.8, 4) is 0 Å². The fraction of sp³-hybridized carbons (Fsp3) is 0.887. The van der Waals surface area contributed by atoms with E-state index in [-0.39, 0.29) is 48.3 Å². The van der Waals surface area contributed by atoms with Crippen molar-refractivity contribution in [2.45, 2.75) is 234 Å². The molecule has 0 aliphatic heterocycles. The van der Waals surface area contributed by atoms with Crippen LogP contribution in [0, 0.1) is 40.4 Å². The molecule has 9 atom stereocenters. The Morgan fingerprint density at radius 3 is 2.06 bits per heavy atom. The zero-order valence-electron chi connectivity index (χ0n) is 42.8. The predicted molar refractivity (Wildman–Crippen MR) is 258 cm³/mol. The first-order chi connectivity index (χ1) is 30.0. The van der Waals surface area contributed by atoms with Gasteiger partial charge in [-0.15, -0.1) is 0 Å². The van der Waals surface area contributed by atoms with E-state index in [2.05, 4.69) is 49.7 Å². The lowest BCUT2D eigenvalue weighted by atomic mass is 9.47. The zero-order valence-corrected chi connectivity index (χ0v) is 42.8. The van der Waals surface area contributed by atoms with Gasteiger partial charge < -0.3 is 35.1 Å². The highest BCUT2D eigenvalue weighted by Crippen LogP contribution is 2.67. The Kier molecular flexibility index (Phi) is 20.4. The van der Waals surface area contributed by atoms with Crippen LogP contribution in [-0.2, 0) is 23.8 Å². The maximum absolute atomic E-state index is 13.6. The molecule has 11 heteroatoms. The fourth-order valence-corrected chi connectivity index (χ4v) is 11.9. The summed E-state index contributed by atoms with van der Waals surface area (Å²) in [5.74, 6) is 3.91. The predicted octanol–water partition coefficient (Wildman–Crippen LogP) is 11.7. The molecule has 0 aromatic carbocycles. The third-order valence-electron chi connectivity index (χ3n) is 15.4. The van der Waals surface area contributed by atoms with Gasteiger partial charge in [0.05, 0.1) is 0 Å². The van der Waals surface area contributed by atoms with Gasteiger partial charge in [-0.2, -0.15) is 0 Å². The summed E-state index contributed by atoms with van der Waals surface area (Å²) in [6, 6.07) is -0.198. The summed E-state index contributed by atoms with van der Waals surface area (Å²) in [6.07, 6.45) is 20.8. The molecule has 368 valence electrons. The number of allylic oxidation sites excluding steroid dienone is 1. The molecule has 0 saturated heterocycles. The number of hydrogen-bond acceptors (Lipinski definition) is 8. The molecule has 9 unspecified atom stereocenters. The van der Waals surface area contributed by atoms with Gasteiger partial charge in [-0.3, -0.25) is 9.59 Å². The number of carbonyl (C=O) groups is 4. The van der Waals surface area contributed by atoms with Crippen LogP contribution in [-0.4, -0.2) is 84.5 Å². The number of esters is 1. The number of hydrogen-bond donors (Lipinski definition) is 3. The third-order valence-corrected chi connectivity index (χ3v) is 15.4. The molecule has 64 heavy (non-hydrogen) atoms. The minimum absolute atomic E-state index is 0.0194. The van der Waals surface area contributed by atoms with Crippen LogP contribution in [0.3, 0.4) is 0 Å². The van der Waals surface area contributed by atoms with Gasteiger partial charge in [0.15, 0.2) is 0 Å². The molecule has 4 aliphatic carbocycles. The van der Waals surface area contributed by atoms with Gasteiger partial charge >= 0.3 is 18.2 Å². The average Bonchev–Trinajstić information content (AvgIpc) is 3.51. The van der Waals surface area contributed by atoms with Crippen molar-refractivity contribution in [2.75, 3.05) is 26.2 Å². The second-order valence-electron chi connectivity index (χ2n) is 23.5. The number of alkyl carbamates (subject to hydrolysis) is 2. The van der Waals surface area contributed by atoms with Crippen LogP contribution in [0.1, 0.15) is 205 Å². The smallest absolute Gasteiger partial charge is 0.407 e. The number of fused-ring (bicyclic) bond motifs is 5. The number of nitrogens with one attached hydrogen (secondary N) is 3. The van der Waals surface area contributed by atoms with E-state index in [4.69, 9.17) is 14.2 Å². The molecule has 4 rings (SSSR count). The van der Waals surface area contributed by atoms with Gasteiger partial charge in [0.2, 0.25) is 5.91 Å². The SMILES string of the molecule is CC(C)CCCCC1CCC2C3CC=C4CC(OC(=O)CCCC(=O)N(CCCCNCCC(C)NC(=O)OC(C)(C)C)CCC(C)NC(=O)OC(C)(C)C)CCC4(C)C3CCC12C. The maximum Gasteiger partial charge on any atom is 0.407 e. The van der Waals surface area contributed by atoms with Gasteiger partial charge in [-0.25, -0.2) is 9.59 Å². The Morgan fingerprint density at radius 1 is 0.734 bits per heavy atom. The Hall–Kier alpha value is -2.82. The normalized spacial score (nSPS) is 27.6. The molecule has 11 nitrogen and oxygen atoms in total. The zero-order chi connectivity index (χ0) is 47.3. The van der Waals surface area contributed by atoms with Crippen molar-refractivity contribution in [1.29, 1.82) is 0 Å². The lowest BCUT2D eigenvalue weighted by molar-refractivity contribution is -0.151. The summed E-state index contributed by atoms with van der Waals surface area (Å²) >= 11 is 0. The number of amides is 3. The molecule has 0 aromatic heterocycles. The van der Waals surface area contributed by atoms with Crippen molar-refractivity contribution in [2.24, 2.45) is 40.4 Å². The third kappa shape index (κ3) is 16.8. The van der Waals surface area contributed by atoms with Gasteiger partial charge in [-0.1, -0.05) is 58.6 Å². The van der Waals surface area contributed by atoms with Crippen LogP contribution in [0.15, 0.2) is 11.6 Å². The Bertz CT molecular complexity index is 1530. The molecule has 3 amide bonds. The highest BCUT2D eigenvalue weighted by atomic mass is 16.6. The minimum Gasteiger partial charge on any atom is -0.462 e. The van der Waals surface area contributed by atoms with Crippen molar-refractivity contribution in [1.82, 2.24) is 20.9 Å². The summed E-state index contributed by atoms with van der Waals surface area (Å²) in [4.78, 5) is 53.2. The minimum atomic E-state index is -0.591. The second kappa shape index (κ2) is 24.3. The van der Waals surface area contributed by atoms with Crippen molar-refractivity contribution >= 4 is 24.1 Å². The first-order valence-electron chi connectivity index (χ1n) is 25.9. The molecule has 0 radical (unpaired) electrons. The van der Waals surface area contributed by atoms with Gasteiger partial charge in [0, 0.05) is 44.4 Å². The van der Waals surface area contributed by atoms with E-state index in [1.54, 1.807) is 0 Å². The van der Waals surface area contributed by atoms with E-state index in [0.29, 0.717) is 31.3 Å². The summed E-state index contributed by atoms with van der Waals surface area (Å²) in [7, 11) is 0. The molecular formula is C53H94N4O7. The topological polar surface area (TPSA) is 135 Å². The maximum atomic E-state index is 13.6. The van der Waals surface area contributed by atoms with E-state index in [0.717, 1.165) is 81.2 Å². The van der Waals surface area contributed by atoms with E-state index in [1.165, 1.54) is 63.4 Å². The van der Waals surface area contributed by atoms with Crippen molar-refractivity contribution in [3.63, 3.8) is 0 Å². The molecular weight excluding hydrogens is 805 g/mol. The Morgan fingerprint density at radius 2 is 1.41 bits per heavy atom. The number of carbonyl (C=O) groups excluding carboxylic acids is 4. The second-order valence-corrected chi connectivity index (χ2v) is 23.5. The number of rotatable bonds is 23. The van der Waals surface area contributed by atoms with Crippen LogP contribution in [0.2, 0.25) is 0 Å². The average molecular weight is 899 g/mol. The lowest BCUT2D eigenvalue weighted by Gasteiger charge is -2.58. The molecule has 0 spiro atoms. The van der Waals surface area contributed by atoms with Gasteiger partial charge in [-0.05, 0) is 192 Å². The highest BCUT2D eigenvalue weighted by Gasteiger charge is 2.58.